The summed E-state index contributed by atoms with van der Waals surface area (Å²) >= 11 is 0. The first-order valence-electron chi connectivity index (χ1n) is 8.09. The third-order valence-electron chi connectivity index (χ3n) is 4.63. The van der Waals surface area contributed by atoms with E-state index in [1.807, 2.05) is 6.20 Å². The number of aromatic nitrogens is 2. The molecule has 21 heavy (non-hydrogen) atoms. The Morgan fingerprint density at radius 1 is 1.14 bits per heavy atom. The monoisotopic (exact) mass is 282 g/mol. The lowest BCUT2D eigenvalue weighted by Crippen LogP contribution is -2.39. The van der Waals surface area contributed by atoms with Crippen LogP contribution in [0.1, 0.15) is 25.7 Å². The molecule has 2 heterocycles. The highest BCUT2D eigenvalue weighted by Crippen LogP contribution is 2.33. The molecular formula is C17H22N4. The number of hydrogen-bond donors (Lipinski definition) is 1. The Balaban J connectivity index is 1.66. The van der Waals surface area contributed by atoms with Gasteiger partial charge in [-0.2, -0.15) is 5.10 Å². The number of nitrogens with one attached hydrogen (secondary N) is 1. The summed E-state index contributed by atoms with van der Waals surface area (Å²) in [5.41, 5.74) is 0. The van der Waals surface area contributed by atoms with E-state index in [1.165, 1.54) is 36.5 Å². The number of anilines is 1. The molecule has 0 spiro atoms. The minimum Gasteiger partial charge on any atom is -0.353 e. The zero-order valence-electron chi connectivity index (χ0n) is 12.3. The Kier molecular flexibility index (Phi) is 3.47. The second kappa shape index (κ2) is 5.60. The maximum atomic E-state index is 4.48. The Bertz CT molecular complexity index is 612. The van der Waals surface area contributed by atoms with Crippen molar-refractivity contribution in [2.75, 3.05) is 24.5 Å². The van der Waals surface area contributed by atoms with Gasteiger partial charge in [0.05, 0.1) is 6.20 Å². The molecule has 1 unspecified atom stereocenters. The minimum absolute atomic E-state index is 0.601. The average Bonchev–Trinajstić information content (AvgIpc) is 3.19. The third-order valence-corrected chi connectivity index (χ3v) is 4.63. The van der Waals surface area contributed by atoms with E-state index in [9.17, 15) is 0 Å². The van der Waals surface area contributed by atoms with Gasteiger partial charge in [0.1, 0.15) is 0 Å². The SMILES string of the molecule is c1ccc2c(N(CC3CC3)CC3CCCN3)nncc2c1. The van der Waals surface area contributed by atoms with Crippen LogP contribution >= 0.6 is 0 Å². The fourth-order valence-corrected chi connectivity index (χ4v) is 3.28. The van der Waals surface area contributed by atoms with E-state index in [2.05, 4.69) is 44.7 Å². The van der Waals surface area contributed by atoms with Gasteiger partial charge in [-0.15, -0.1) is 5.10 Å². The van der Waals surface area contributed by atoms with Gasteiger partial charge in [0.25, 0.3) is 0 Å². The highest BCUT2D eigenvalue weighted by Gasteiger charge is 2.28. The van der Waals surface area contributed by atoms with E-state index in [-0.39, 0.29) is 0 Å². The third kappa shape index (κ3) is 2.86. The highest BCUT2D eigenvalue weighted by atomic mass is 15.3. The van der Waals surface area contributed by atoms with Crippen LogP contribution in [0.5, 0.6) is 0 Å². The van der Waals surface area contributed by atoms with Crippen molar-refractivity contribution in [1.29, 1.82) is 0 Å². The second-order valence-corrected chi connectivity index (χ2v) is 6.40. The van der Waals surface area contributed by atoms with Gasteiger partial charge in [-0.1, -0.05) is 24.3 Å². The molecule has 4 nitrogen and oxygen atoms in total. The second-order valence-electron chi connectivity index (χ2n) is 6.40. The molecule has 1 N–H and O–H groups in total. The van der Waals surface area contributed by atoms with E-state index in [0.717, 1.165) is 31.4 Å². The molecule has 1 aromatic carbocycles. The van der Waals surface area contributed by atoms with Crippen LogP contribution in [-0.2, 0) is 0 Å². The van der Waals surface area contributed by atoms with Crippen molar-refractivity contribution in [2.24, 2.45) is 5.92 Å². The van der Waals surface area contributed by atoms with E-state index >= 15 is 0 Å². The van der Waals surface area contributed by atoms with E-state index in [4.69, 9.17) is 0 Å². The van der Waals surface area contributed by atoms with Crippen LogP contribution in [0.3, 0.4) is 0 Å². The van der Waals surface area contributed by atoms with Crippen LogP contribution in [0.15, 0.2) is 30.5 Å². The number of hydrogen-bond acceptors (Lipinski definition) is 4. The summed E-state index contributed by atoms with van der Waals surface area (Å²) in [6.07, 6.45) is 7.17. The first kappa shape index (κ1) is 13.0. The molecule has 0 bridgehead atoms. The summed E-state index contributed by atoms with van der Waals surface area (Å²) in [5.74, 6) is 1.92. The van der Waals surface area contributed by atoms with Crippen molar-refractivity contribution in [3.63, 3.8) is 0 Å². The van der Waals surface area contributed by atoms with Crippen LogP contribution in [0.2, 0.25) is 0 Å². The molecule has 1 aliphatic heterocycles. The molecule has 2 fully saturated rings. The van der Waals surface area contributed by atoms with Gasteiger partial charge in [0.15, 0.2) is 5.82 Å². The topological polar surface area (TPSA) is 41.0 Å². The fraction of sp³-hybridized carbons (Fsp3) is 0.529. The molecule has 1 saturated heterocycles. The van der Waals surface area contributed by atoms with E-state index in [0.29, 0.717) is 6.04 Å². The number of benzene rings is 1. The van der Waals surface area contributed by atoms with Gasteiger partial charge in [-0.3, -0.25) is 0 Å². The van der Waals surface area contributed by atoms with Gasteiger partial charge in [0.2, 0.25) is 0 Å². The summed E-state index contributed by atoms with van der Waals surface area (Å²) in [6, 6.07) is 9.05. The zero-order chi connectivity index (χ0) is 14.1. The Morgan fingerprint density at radius 3 is 2.86 bits per heavy atom. The molecule has 1 saturated carbocycles. The molecule has 4 rings (SSSR count). The molecule has 110 valence electrons. The van der Waals surface area contributed by atoms with Crippen molar-refractivity contribution >= 4 is 16.6 Å². The lowest BCUT2D eigenvalue weighted by atomic mass is 10.1. The maximum absolute atomic E-state index is 4.48. The summed E-state index contributed by atoms with van der Waals surface area (Å²) < 4.78 is 0. The van der Waals surface area contributed by atoms with Gasteiger partial charge in [-0.05, 0) is 38.1 Å². The largest absolute Gasteiger partial charge is 0.353 e. The average molecular weight is 282 g/mol. The smallest absolute Gasteiger partial charge is 0.159 e. The van der Waals surface area contributed by atoms with Crippen LogP contribution in [0.25, 0.3) is 10.8 Å². The van der Waals surface area contributed by atoms with Crippen LogP contribution in [0, 0.1) is 5.92 Å². The molecule has 1 atom stereocenters. The molecule has 0 amide bonds. The van der Waals surface area contributed by atoms with Crippen molar-refractivity contribution in [2.45, 2.75) is 31.7 Å². The van der Waals surface area contributed by atoms with E-state index < -0.39 is 0 Å². The van der Waals surface area contributed by atoms with Gasteiger partial charge in [-0.25, -0.2) is 0 Å². The standard InChI is InChI=1S/C17H22N4/c1-2-6-16-14(4-1)10-19-20-17(16)21(11-13-7-8-13)12-15-5-3-9-18-15/h1-2,4,6,10,13,15,18H,3,5,7-9,11-12H2. The van der Waals surface area contributed by atoms with Gasteiger partial charge in [0, 0.05) is 29.9 Å². The quantitative estimate of drug-likeness (QED) is 0.915. The summed E-state index contributed by atoms with van der Waals surface area (Å²) in [4.78, 5) is 2.47. The molecule has 4 heteroatoms. The molecule has 2 aliphatic rings. The predicted molar refractivity (Wildman–Crippen MR) is 85.5 cm³/mol. The predicted octanol–water partition coefficient (Wildman–Crippen LogP) is 2.60. The Morgan fingerprint density at radius 2 is 2.05 bits per heavy atom. The summed E-state index contributed by atoms with van der Waals surface area (Å²) in [5, 5.41) is 14.7. The molecular weight excluding hydrogens is 260 g/mol. The highest BCUT2D eigenvalue weighted by molar-refractivity contribution is 5.91. The molecule has 1 aromatic heterocycles. The van der Waals surface area contributed by atoms with Crippen LogP contribution in [0.4, 0.5) is 5.82 Å². The lowest BCUT2D eigenvalue weighted by Gasteiger charge is -2.27. The number of rotatable bonds is 5. The van der Waals surface area contributed by atoms with Gasteiger partial charge >= 0.3 is 0 Å². The van der Waals surface area contributed by atoms with Crippen molar-refractivity contribution in [1.82, 2.24) is 15.5 Å². The molecule has 1 aliphatic carbocycles. The maximum Gasteiger partial charge on any atom is 0.159 e. The van der Waals surface area contributed by atoms with Gasteiger partial charge < -0.3 is 10.2 Å². The first-order chi connectivity index (χ1) is 10.4. The van der Waals surface area contributed by atoms with Crippen LogP contribution < -0.4 is 10.2 Å². The Hall–Kier alpha value is -1.68. The zero-order valence-corrected chi connectivity index (χ0v) is 12.3. The van der Waals surface area contributed by atoms with E-state index in [1.54, 1.807) is 0 Å². The minimum atomic E-state index is 0.601. The van der Waals surface area contributed by atoms with Crippen molar-refractivity contribution in [3.05, 3.63) is 30.5 Å². The fourth-order valence-electron chi connectivity index (χ4n) is 3.28. The number of fused-ring (bicyclic) bond motifs is 1. The lowest BCUT2D eigenvalue weighted by molar-refractivity contribution is 0.566. The molecule has 0 radical (unpaired) electrons. The van der Waals surface area contributed by atoms with Crippen molar-refractivity contribution < 1.29 is 0 Å². The van der Waals surface area contributed by atoms with Crippen molar-refractivity contribution in [3.8, 4) is 0 Å². The Labute approximate surface area is 125 Å². The summed E-state index contributed by atoms with van der Waals surface area (Å²) in [6.45, 7) is 3.34. The molecule has 2 aromatic rings. The first-order valence-corrected chi connectivity index (χ1v) is 8.09. The number of nitrogens with zero attached hydrogens (tertiary/aromatic N) is 3. The summed E-state index contributed by atoms with van der Waals surface area (Å²) in [7, 11) is 0. The normalized spacial score (nSPS) is 21.8. The van der Waals surface area contributed by atoms with Crippen LogP contribution in [-0.4, -0.2) is 35.9 Å².